The quantitative estimate of drug-likeness (QED) is 0.867. The maximum absolute atomic E-state index is 5.57. The van der Waals surface area contributed by atoms with E-state index < -0.39 is 0 Å². The van der Waals surface area contributed by atoms with Crippen LogP contribution in [0, 0.1) is 6.92 Å². The van der Waals surface area contributed by atoms with Gasteiger partial charge in [0, 0.05) is 13.2 Å². The van der Waals surface area contributed by atoms with Gasteiger partial charge in [-0.15, -0.1) is 0 Å². The van der Waals surface area contributed by atoms with Gasteiger partial charge < -0.3 is 15.0 Å². The SMILES string of the molecule is Cc1ccc2nc(CNCC3CCCO3)[nH]c2c1. The molecule has 1 atom stereocenters. The molecule has 1 aromatic carbocycles. The molecule has 1 aliphatic heterocycles. The van der Waals surface area contributed by atoms with Crippen molar-refractivity contribution in [2.24, 2.45) is 0 Å². The van der Waals surface area contributed by atoms with E-state index in [1.807, 2.05) is 0 Å². The molecule has 2 N–H and O–H groups in total. The highest BCUT2D eigenvalue weighted by Gasteiger charge is 2.14. The molecule has 2 heterocycles. The van der Waals surface area contributed by atoms with Gasteiger partial charge in [0.25, 0.3) is 0 Å². The lowest BCUT2D eigenvalue weighted by Crippen LogP contribution is -2.26. The molecule has 0 radical (unpaired) electrons. The van der Waals surface area contributed by atoms with Gasteiger partial charge in [0.2, 0.25) is 0 Å². The average Bonchev–Trinajstić information content (AvgIpc) is 2.97. The first-order chi connectivity index (χ1) is 8.81. The molecule has 0 spiro atoms. The molecule has 0 amide bonds. The Labute approximate surface area is 107 Å². The van der Waals surface area contributed by atoms with Crippen LogP contribution in [-0.4, -0.2) is 29.2 Å². The molecule has 4 nitrogen and oxygen atoms in total. The minimum absolute atomic E-state index is 0.386. The predicted molar refractivity (Wildman–Crippen MR) is 71.5 cm³/mol. The second-order valence-electron chi connectivity index (χ2n) is 4.97. The number of hydrogen-bond donors (Lipinski definition) is 2. The standard InChI is InChI=1S/C14H19N3O/c1-10-4-5-12-13(7-10)17-14(16-12)9-15-8-11-3-2-6-18-11/h4-5,7,11,15H,2-3,6,8-9H2,1H3,(H,16,17). The molecule has 96 valence electrons. The largest absolute Gasteiger partial charge is 0.377 e. The fraction of sp³-hybridized carbons (Fsp3) is 0.500. The molecular formula is C14H19N3O. The Morgan fingerprint density at radius 1 is 1.50 bits per heavy atom. The Morgan fingerprint density at radius 2 is 2.44 bits per heavy atom. The minimum Gasteiger partial charge on any atom is -0.377 e. The molecule has 2 aromatic rings. The fourth-order valence-corrected chi connectivity index (χ4v) is 2.42. The number of imidazole rings is 1. The van der Waals surface area contributed by atoms with Crippen LogP contribution in [0.4, 0.5) is 0 Å². The minimum atomic E-state index is 0.386. The van der Waals surface area contributed by atoms with E-state index in [0.717, 1.165) is 36.6 Å². The third kappa shape index (κ3) is 2.54. The lowest BCUT2D eigenvalue weighted by molar-refractivity contribution is 0.110. The maximum atomic E-state index is 5.57. The zero-order chi connectivity index (χ0) is 12.4. The molecule has 18 heavy (non-hydrogen) atoms. The molecule has 1 saturated heterocycles. The summed E-state index contributed by atoms with van der Waals surface area (Å²) in [6.07, 6.45) is 2.75. The highest BCUT2D eigenvalue weighted by atomic mass is 16.5. The van der Waals surface area contributed by atoms with E-state index in [0.29, 0.717) is 6.10 Å². The Hall–Kier alpha value is -1.39. The van der Waals surface area contributed by atoms with Crippen LogP contribution in [0.25, 0.3) is 11.0 Å². The van der Waals surface area contributed by atoms with Crippen molar-refractivity contribution in [3.63, 3.8) is 0 Å². The summed E-state index contributed by atoms with van der Waals surface area (Å²) >= 11 is 0. The Balaban J connectivity index is 1.60. The number of H-pyrrole nitrogens is 1. The van der Waals surface area contributed by atoms with Gasteiger partial charge in [-0.2, -0.15) is 0 Å². The van der Waals surface area contributed by atoms with Gasteiger partial charge in [-0.3, -0.25) is 0 Å². The van der Waals surface area contributed by atoms with Gasteiger partial charge in [0.15, 0.2) is 0 Å². The smallest absolute Gasteiger partial charge is 0.121 e. The van der Waals surface area contributed by atoms with E-state index in [2.05, 4.69) is 40.4 Å². The number of aromatic amines is 1. The Morgan fingerprint density at radius 3 is 3.28 bits per heavy atom. The van der Waals surface area contributed by atoms with E-state index in [9.17, 15) is 0 Å². The molecule has 1 aromatic heterocycles. The predicted octanol–water partition coefficient (Wildman–Crippen LogP) is 2.14. The molecule has 0 saturated carbocycles. The van der Waals surface area contributed by atoms with E-state index in [-0.39, 0.29) is 0 Å². The summed E-state index contributed by atoms with van der Waals surface area (Å²) in [5.41, 5.74) is 3.41. The average molecular weight is 245 g/mol. The first kappa shape index (κ1) is 11.7. The van der Waals surface area contributed by atoms with Crippen molar-refractivity contribution >= 4 is 11.0 Å². The second-order valence-corrected chi connectivity index (χ2v) is 4.97. The number of nitrogens with zero attached hydrogens (tertiary/aromatic N) is 1. The Kier molecular flexibility index (Phi) is 3.30. The van der Waals surface area contributed by atoms with Gasteiger partial charge in [-0.25, -0.2) is 4.98 Å². The summed E-state index contributed by atoms with van der Waals surface area (Å²) < 4.78 is 5.57. The van der Waals surface area contributed by atoms with Crippen molar-refractivity contribution in [3.05, 3.63) is 29.6 Å². The number of aromatic nitrogens is 2. The summed E-state index contributed by atoms with van der Waals surface area (Å²) in [6, 6.07) is 6.28. The van der Waals surface area contributed by atoms with Crippen molar-refractivity contribution in [1.82, 2.24) is 15.3 Å². The zero-order valence-electron chi connectivity index (χ0n) is 10.7. The molecule has 3 rings (SSSR count). The second kappa shape index (κ2) is 5.08. The van der Waals surface area contributed by atoms with Gasteiger partial charge in [0.1, 0.15) is 5.82 Å². The first-order valence-corrected chi connectivity index (χ1v) is 6.59. The van der Waals surface area contributed by atoms with Crippen molar-refractivity contribution in [2.75, 3.05) is 13.2 Å². The Bertz CT molecular complexity index is 529. The molecule has 1 aliphatic rings. The van der Waals surface area contributed by atoms with Gasteiger partial charge in [0.05, 0.1) is 23.7 Å². The summed E-state index contributed by atoms with van der Waals surface area (Å²) in [4.78, 5) is 7.91. The van der Waals surface area contributed by atoms with Crippen LogP contribution in [-0.2, 0) is 11.3 Å². The number of ether oxygens (including phenoxy) is 1. The fourth-order valence-electron chi connectivity index (χ4n) is 2.42. The molecule has 1 fully saturated rings. The summed E-state index contributed by atoms with van der Waals surface area (Å²) in [6.45, 7) is 4.69. The van der Waals surface area contributed by atoms with Gasteiger partial charge >= 0.3 is 0 Å². The third-order valence-corrected chi connectivity index (χ3v) is 3.37. The maximum Gasteiger partial charge on any atom is 0.121 e. The summed E-state index contributed by atoms with van der Waals surface area (Å²) in [5.74, 6) is 0.994. The molecule has 0 bridgehead atoms. The number of nitrogens with one attached hydrogen (secondary N) is 2. The van der Waals surface area contributed by atoms with Crippen LogP contribution < -0.4 is 5.32 Å². The van der Waals surface area contributed by atoms with Crippen LogP contribution in [0.1, 0.15) is 24.2 Å². The molecule has 0 aliphatic carbocycles. The van der Waals surface area contributed by atoms with Crippen LogP contribution in [0.5, 0.6) is 0 Å². The lowest BCUT2D eigenvalue weighted by atomic mass is 10.2. The van der Waals surface area contributed by atoms with Gasteiger partial charge in [-0.05, 0) is 37.5 Å². The molecule has 4 heteroatoms. The van der Waals surface area contributed by atoms with Crippen LogP contribution in [0.15, 0.2) is 18.2 Å². The number of hydrogen-bond acceptors (Lipinski definition) is 3. The topological polar surface area (TPSA) is 49.9 Å². The van der Waals surface area contributed by atoms with Crippen molar-refractivity contribution < 1.29 is 4.74 Å². The van der Waals surface area contributed by atoms with E-state index in [1.54, 1.807) is 0 Å². The van der Waals surface area contributed by atoms with E-state index in [1.165, 1.54) is 18.4 Å². The third-order valence-electron chi connectivity index (χ3n) is 3.37. The number of fused-ring (bicyclic) bond motifs is 1. The first-order valence-electron chi connectivity index (χ1n) is 6.59. The van der Waals surface area contributed by atoms with Crippen molar-refractivity contribution in [2.45, 2.75) is 32.4 Å². The monoisotopic (exact) mass is 245 g/mol. The number of aryl methyl sites for hydroxylation is 1. The van der Waals surface area contributed by atoms with Crippen molar-refractivity contribution in [3.8, 4) is 0 Å². The van der Waals surface area contributed by atoms with Crippen LogP contribution in [0.3, 0.4) is 0 Å². The van der Waals surface area contributed by atoms with Crippen LogP contribution >= 0.6 is 0 Å². The van der Waals surface area contributed by atoms with E-state index in [4.69, 9.17) is 4.74 Å². The van der Waals surface area contributed by atoms with Crippen LogP contribution in [0.2, 0.25) is 0 Å². The highest BCUT2D eigenvalue weighted by Crippen LogP contribution is 2.13. The normalized spacial score (nSPS) is 19.7. The van der Waals surface area contributed by atoms with E-state index >= 15 is 0 Å². The summed E-state index contributed by atoms with van der Waals surface area (Å²) in [7, 11) is 0. The highest BCUT2D eigenvalue weighted by molar-refractivity contribution is 5.75. The number of rotatable bonds is 4. The lowest BCUT2D eigenvalue weighted by Gasteiger charge is -2.09. The van der Waals surface area contributed by atoms with Gasteiger partial charge in [-0.1, -0.05) is 6.07 Å². The summed E-state index contributed by atoms with van der Waals surface area (Å²) in [5, 5.41) is 3.40. The number of benzene rings is 1. The molecular weight excluding hydrogens is 226 g/mol. The molecule has 1 unspecified atom stereocenters. The van der Waals surface area contributed by atoms with Crippen molar-refractivity contribution in [1.29, 1.82) is 0 Å². The zero-order valence-corrected chi connectivity index (χ0v) is 10.7.